The van der Waals surface area contributed by atoms with Gasteiger partial charge < -0.3 is 10.4 Å². The minimum Gasteiger partial charge on any atom is -0.481 e. The van der Waals surface area contributed by atoms with Crippen LogP contribution >= 0.6 is 0 Å². The van der Waals surface area contributed by atoms with Crippen LogP contribution in [-0.4, -0.2) is 43.5 Å². The molecule has 94 valence electrons. The van der Waals surface area contributed by atoms with Gasteiger partial charge in [0.15, 0.2) is 9.84 Å². The van der Waals surface area contributed by atoms with E-state index in [1.165, 1.54) is 0 Å². The third-order valence-electron chi connectivity index (χ3n) is 1.83. The van der Waals surface area contributed by atoms with Crippen LogP contribution in [0.5, 0.6) is 0 Å². The Labute approximate surface area is 95.0 Å². The van der Waals surface area contributed by atoms with Crippen LogP contribution in [-0.2, 0) is 19.4 Å². The van der Waals surface area contributed by atoms with E-state index in [9.17, 15) is 18.0 Å². The number of aliphatic carboxylic acids is 1. The summed E-state index contributed by atoms with van der Waals surface area (Å²) in [6.07, 6.45) is 2.01. The second kappa shape index (κ2) is 6.47. The Morgan fingerprint density at radius 3 is 2.38 bits per heavy atom. The molecule has 16 heavy (non-hydrogen) atoms. The molecule has 0 bridgehead atoms. The first-order valence-corrected chi connectivity index (χ1v) is 6.95. The molecule has 0 spiro atoms. The minimum atomic E-state index is -3.31. The highest BCUT2D eigenvalue weighted by molar-refractivity contribution is 7.91. The second-order valence-corrected chi connectivity index (χ2v) is 5.96. The molecule has 1 unspecified atom stereocenters. The van der Waals surface area contributed by atoms with Crippen molar-refractivity contribution in [2.24, 2.45) is 0 Å². The van der Waals surface area contributed by atoms with Gasteiger partial charge in [0.05, 0.1) is 0 Å². The fraction of sp³-hybridized carbons (Fsp3) is 0.778. The molecule has 2 N–H and O–H groups in total. The van der Waals surface area contributed by atoms with Crippen LogP contribution in [0.2, 0.25) is 0 Å². The summed E-state index contributed by atoms with van der Waals surface area (Å²) in [7, 11) is -3.31. The highest BCUT2D eigenvalue weighted by Gasteiger charge is 2.13. The lowest BCUT2D eigenvalue weighted by molar-refractivity contribution is -0.137. The average Bonchev–Trinajstić information content (AvgIpc) is 1.98. The number of amides is 1. The van der Waals surface area contributed by atoms with Crippen molar-refractivity contribution in [1.82, 2.24) is 5.32 Å². The molecule has 0 saturated carbocycles. The number of carbonyl (C=O) groups excluding carboxylic acids is 1. The Morgan fingerprint density at radius 1 is 1.38 bits per heavy atom. The van der Waals surface area contributed by atoms with E-state index in [0.717, 1.165) is 6.26 Å². The quantitative estimate of drug-likeness (QED) is 0.652. The maximum absolute atomic E-state index is 11.2. The summed E-state index contributed by atoms with van der Waals surface area (Å²) in [5.41, 5.74) is 0. The van der Waals surface area contributed by atoms with Crippen LogP contribution in [0.1, 0.15) is 26.2 Å². The summed E-state index contributed by atoms with van der Waals surface area (Å²) in [6, 6.07) is -0.214. The van der Waals surface area contributed by atoms with E-state index in [2.05, 4.69) is 5.32 Å². The molecule has 6 nitrogen and oxygen atoms in total. The van der Waals surface area contributed by atoms with Gasteiger partial charge in [0, 0.05) is 18.7 Å². The summed E-state index contributed by atoms with van der Waals surface area (Å²) in [4.78, 5) is 21.4. The molecule has 1 atom stereocenters. The number of carboxylic acid groups (broad SMARTS) is 1. The lowest BCUT2D eigenvalue weighted by Gasteiger charge is -2.12. The Balaban J connectivity index is 3.83. The van der Waals surface area contributed by atoms with Crippen molar-refractivity contribution in [2.75, 3.05) is 12.0 Å². The van der Waals surface area contributed by atoms with Crippen LogP contribution in [0.3, 0.4) is 0 Å². The monoisotopic (exact) mass is 251 g/mol. The van der Waals surface area contributed by atoms with E-state index < -0.39 is 27.5 Å². The first-order chi connectivity index (χ1) is 7.20. The fourth-order valence-corrected chi connectivity index (χ4v) is 1.75. The Morgan fingerprint density at radius 2 is 1.94 bits per heavy atom. The molecule has 0 rings (SSSR count). The summed E-state index contributed by atoms with van der Waals surface area (Å²) >= 11 is 0. The van der Waals surface area contributed by atoms with Gasteiger partial charge in [-0.05, 0) is 19.8 Å². The zero-order valence-corrected chi connectivity index (χ0v) is 10.2. The number of carboxylic acids is 1. The largest absolute Gasteiger partial charge is 0.481 e. The summed E-state index contributed by atoms with van der Waals surface area (Å²) in [5, 5.41) is 10.9. The zero-order valence-electron chi connectivity index (χ0n) is 9.39. The summed E-state index contributed by atoms with van der Waals surface area (Å²) in [5.74, 6) is -1.96. The molecule has 0 radical (unpaired) electrons. The molecule has 0 fully saturated rings. The van der Waals surface area contributed by atoms with Crippen molar-refractivity contribution in [3.05, 3.63) is 0 Å². The first-order valence-electron chi connectivity index (χ1n) is 4.89. The maximum atomic E-state index is 11.2. The molecule has 0 heterocycles. The Kier molecular flexibility index (Phi) is 6.02. The van der Waals surface area contributed by atoms with Crippen LogP contribution < -0.4 is 5.32 Å². The van der Waals surface area contributed by atoms with E-state index in [1.807, 2.05) is 0 Å². The minimum absolute atomic E-state index is 0.0479. The third kappa shape index (κ3) is 9.45. The fourth-order valence-electron chi connectivity index (χ4n) is 1.19. The maximum Gasteiger partial charge on any atom is 0.303 e. The molecule has 0 aliphatic carbocycles. The molecule has 0 aliphatic heterocycles. The van der Waals surface area contributed by atoms with Gasteiger partial charge in [0.25, 0.3) is 0 Å². The van der Waals surface area contributed by atoms with Gasteiger partial charge in [-0.3, -0.25) is 9.59 Å². The van der Waals surface area contributed by atoms with Gasteiger partial charge in [-0.25, -0.2) is 8.42 Å². The predicted molar refractivity (Wildman–Crippen MR) is 58.8 cm³/mol. The van der Waals surface area contributed by atoms with Crippen LogP contribution in [0, 0.1) is 0 Å². The van der Waals surface area contributed by atoms with Gasteiger partial charge in [0.2, 0.25) is 5.91 Å². The van der Waals surface area contributed by atoms with Crippen molar-refractivity contribution in [3.63, 3.8) is 0 Å². The Bertz CT molecular complexity index is 349. The van der Waals surface area contributed by atoms with Crippen molar-refractivity contribution < 1.29 is 23.1 Å². The molecule has 1 amide bonds. The molecular formula is C9H17NO5S. The first kappa shape index (κ1) is 14.9. The van der Waals surface area contributed by atoms with Gasteiger partial charge in [-0.15, -0.1) is 0 Å². The van der Waals surface area contributed by atoms with Gasteiger partial charge >= 0.3 is 5.97 Å². The number of nitrogens with one attached hydrogen (secondary N) is 1. The lowest BCUT2D eigenvalue weighted by atomic mass is 10.1. The topological polar surface area (TPSA) is 101 Å². The summed E-state index contributed by atoms with van der Waals surface area (Å²) in [6.45, 7) is 1.71. The number of carbonyl (C=O) groups is 2. The van der Waals surface area contributed by atoms with Crippen molar-refractivity contribution in [3.8, 4) is 0 Å². The smallest absolute Gasteiger partial charge is 0.303 e. The molecule has 7 heteroatoms. The third-order valence-corrected chi connectivity index (χ3v) is 2.62. The SMILES string of the molecule is CC(CCCC(=O)O)NC(=O)CS(C)(=O)=O. The highest BCUT2D eigenvalue weighted by Crippen LogP contribution is 2.00. The van der Waals surface area contributed by atoms with Gasteiger partial charge in [0.1, 0.15) is 5.75 Å². The lowest BCUT2D eigenvalue weighted by Crippen LogP contribution is -2.36. The van der Waals surface area contributed by atoms with E-state index in [4.69, 9.17) is 5.11 Å². The van der Waals surface area contributed by atoms with Crippen molar-refractivity contribution >= 4 is 21.7 Å². The Hall–Kier alpha value is -1.11. The van der Waals surface area contributed by atoms with Crippen LogP contribution in [0.15, 0.2) is 0 Å². The summed E-state index contributed by atoms with van der Waals surface area (Å²) < 4.78 is 21.6. The molecule has 0 aromatic heterocycles. The van der Waals surface area contributed by atoms with E-state index in [0.29, 0.717) is 12.8 Å². The normalized spacial score (nSPS) is 13.1. The van der Waals surface area contributed by atoms with Gasteiger partial charge in [-0.2, -0.15) is 0 Å². The molecule has 0 aromatic carbocycles. The second-order valence-electron chi connectivity index (χ2n) is 3.82. The highest BCUT2D eigenvalue weighted by atomic mass is 32.2. The molecule has 0 aromatic rings. The number of sulfone groups is 1. The van der Waals surface area contributed by atoms with E-state index in [-0.39, 0.29) is 12.5 Å². The molecule has 0 saturated heterocycles. The standard InChI is InChI=1S/C9H17NO5S/c1-7(4-3-5-9(12)13)10-8(11)6-16(2,14)15/h7H,3-6H2,1-2H3,(H,10,11)(H,12,13). The van der Waals surface area contributed by atoms with E-state index in [1.54, 1.807) is 6.92 Å². The molecule has 0 aliphatic rings. The van der Waals surface area contributed by atoms with E-state index >= 15 is 0 Å². The number of hydrogen-bond acceptors (Lipinski definition) is 4. The van der Waals surface area contributed by atoms with Crippen molar-refractivity contribution in [1.29, 1.82) is 0 Å². The van der Waals surface area contributed by atoms with Gasteiger partial charge in [-0.1, -0.05) is 0 Å². The molecular weight excluding hydrogens is 234 g/mol. The average molecular weight is 251 g/mol. The van der Waals surface area contributed by atoms with Crippen LogP contribution in [0.25, 0.3) is 0 Å². The van der Waals surface area contributed by atoms with Crippen molar-refractivity contribution in [2.45, 2.75) is 32.2 Å². The number of rotatable bonds is 7. The van der Waals surface area contributed by atoms with Crippen LogP contribution in [0.4, 0.5) is 0 Å². The zero-order chi connectivity index (χ0) is 12.8. The predicted octanol–water partition coefficient (Wildman–Crippen LogP) is -0.209. The number of hydrogen-bond donors (Lipinski definition) is 2.